The summed E-state index contributed by atoms with van der Waals surface area (Å²) >= 11 is 0. The van der Waals surface area contributed by atoms with Gasteiger partial charge in [0.2, 0.25) is 0 Å². The minimum Gasteiger partial charge on any atom is -0.329 e. The van der Waals surface area contributed by atoms with Gasteiger partial charge in [-0.2, -0.15) is 0 Å². The molecule has 2 fully saturated rings. The second kappa shape index (κ2) is 4.84. The molecule has 0 radical (unpaired) electrons. The van der Waals surface area contributed by atoms with Crippen LogP contribution in [0.15, 0.2) is 0 Å². The summed E-state index contributed by atoms with van der Waals surface area (Å²) in [6.45, 7) is 6.76. The Hall–Kier alpha value is -0.0800. The molecular weight excluding hydrogens is 184 g/mol. The Morgan fingerprint density at radius 3 is 2.60 bits per heavy atom. The van der Waals surface area contributed by atoms with Crippen molar-refractivity contribution in [1.29, 1.82) is 0 Å². The largest absolute Gasteiger partial charge is 0.329 e. The first-order valence-electron chi connectivity index (χ1n) is 6.70. The average molecular weight is 210 g/mol. The third-order valence-corrected chi connectivity index (χ3v) is 4.47. The molecule has 1 saturated carbocycles. The number of hydrogen-bond donors (Lipinski definition) is 1. The third-order valence-electron chi connectivity index (χ3n) is 4.47. The second-order valence-electron chi connectivity index (χ2n) is 5.69. The van der Waals surface area contributed by atoms with Gasteiger partial charge in [0.1, 0.15) is 0 Å². The van der Waals surface area contributed by atoms with E-state index in [2.05, 4.69) is 18.7 Å². The summed E-state index contributed by atoms with van der Waals surface area (Å²) in [5.74, 6) is 1.70. The summed E-state index contributed by atoms with van der Waals surface area (Å²) in [6, 6.07) is 1.49. The van der Waals surface area contributed by atoms with Crippen molar-refractivity contribution in [3.05, 3.63) is 0 Å². The van der Waals surface area contributed by atoms with Crippen molar-refractivity contribution in [1.82, 2.24) is 4.90 Å². The molecule has 2 N–H and O–H groups in total. The van der Waals surface area contributed by atoms with E-state index in [1.165, 1.54) is 38.6 Å². The van der Waals surface area contributed by atoms with Crippen LogP contribution in [0.25, 0.3) is 0 Å². The van der Waals surface area contributed by atoms with E-state index in [1.807, 2.05) is 0 Å². The molecule has 1 heterocycles. The van der Waals surface area contributed by atoms with Crippen LogP contribution in [0.5, 0.6) is 0 Å². The first kappa shape index (κ1) is 11.4. The van der Waals surface area contributed by atoms with Crippen LogP contribution in [0.1, 0.15) is 46.0 Å². The lowest BCUT2D eigenvalue weighted by Gasteiger charge is -2.44. The van der Waals surface area contributed by atoms with Gasteiger partial charge < -0.3 is 5.73 Å². The zero-order chi connectivity index (χ0) is 10.8. The van der Waals surface area contributed by atoms with Crippen LogP contribution in [0.2, 0.25) is 0 Å². The van der Waals surface area contributed by atoms with Gasteiger partial charge in [-0.25, -0.2) is 0 Å². The normalized spacial score (nSPS) is 34.4. The molecule has 1 aliphatic carbocycles. The Balaban J connectivity index is 2.05. The SMILES string of the molecule is CC(C)C(CN)N1CCCC2CCCC21. The predicted molar refractivity (Wildman–Crippen MR) is 64.7 cm³/mol. The highest BCUT2D eigenvalue weighted by Gasteiger charge is 2.38. The topological polar surface area (TPSA) is 29.3 Å². The van der Waals surface area contributed by atoms with Crippen LogP contribution >= 0.6 is 0 Å². The molecule has 2 rings (SSSR count). The van der Waals surface area contributed by atoms with Crippen LogP contribution in [0, 0.1) is 11.8 Å². The number of likely N-dealkylation sites (tertiary alicyclic amines) is 1. The van der Waals surface area contributed by atoms with Crippen LogP contribution in [0.4, 0.5) is 0 Å². The molecule has 3 atom stereocenters. The maximum absolute atomic E-state index is 5.95. The fourth-order valence-electron chi connectivity index (χ4n) is 3.69. The maximum atomic E-state index is 5.95. The van der Waals surface area contributed by atoms with E-state index in [9.17, 15) is 0 Å². The molecule has 3 unspecified atom stereocenters. The van der Waals surface area contributed by atoms with Gasteiger partial charge in [0.15, 0.2) is 0 Å². The fourth-order valence-corrected chi connectivity index (χ4v) is 3.69. The maximum Gasteiger partial charge on any atom is 0.0244 e. The van der Waals surface area contributed by atoms with Gasteiger partial charge in [-0.05, 0) is 44.1 Å². The Labute approximate surface area is 94.2 Å². The molecule has 2 nitrogen and oxygen atoms in total. The van der Waals surface area contributed by atoms with Gasteiger partial charge in [-0.3, -0.25) is 4.90 Å². The van der Waals surface area contributed by atoms with Crippen molar-refractivity contribution in [3.8, 4) is 0 Å². The first-order valence-corrected chi connectivity index (χ1v) is 6.70. The Morgan fingerprint density at radius 1 is 1.20 bits per heavy atom. The molecule has 0 aromatic carbocycles. The van der Waals surface area contributed by atoms with E-state index in [0.717, 1.165) is 18.5 Å². The van der Waals surface area contributed by atoms with Crippen molar-refractivity contribution in [2.45, 2.75) is 58.0 Å². The molecule has 1 aliphatic heterocycles. The molecular formula is C13H26N2. The number of fused-ring (bicyclic) bond motifs is 1. The lowest BCUT2D eigenvalue weighted by molar-refractivity contribution is 0.0502. The average Bonchev–Trinajstić information content (AvgIpc) is 2.66. The van der Waals surface area contributed by atoms with Crippen molar-refractivity contribution in [2.75, 3.05) is 13.1 Å². The lowest BCUT2D eigenvalue weighted by atomic mass is 9.88. The summed E-state index contributed by atoms with van der Waals surface area (Å²) in [6.07, 6.45) is 7.20. The van der Waals surface area contributed by atoms with Gasteiger partial charge in [-0.1, -0.05) is 20.3 Å². The van der Waals surface area contributed by atoms with Crippen LogP contribution in [-0.2, 0) is 0 Å². The lowest BCUT2D eigenvalue weighted by Crippen LogP contribution is -2.53. The van der Waals surface area contributed by atoms with Crippen molar-refractivity contribution in [3.63, 3.8) is 0 Å². The number of nitrogens with zero attached hydrogens (tertiary/aromatic N) is 1. The first-order chi connectivity index (χ1) is 7.24. The molecule has 1 saturated heterocycles. The molecule has 15 heavy (non-hydrogen) atoms. The van der Waals surface area contributed by atoms with E-state index >= 15 is 0 Å². The van der Waals surface area contributed by atoms with E-state index in [1.54, 1.807) is 0 Å². The third kappa shape index (κ3) is 2.21. The van der Waals surface area contributed by atoms with Gasteiger partial charge in [0.25, 0.3) is 0 Å². The molecule has 0 amide bonds. The van der Waals surface area contributed by atoms with E-state index in [4.69, 9.17) is 5.73 Å². The molecule has 88 valence electrons. The Kier molecular flexibility index (Phi) is 3.68. The number of hydrogen-bond acceptors (Lipinski definition) is 2. The van der Waals surface area contributed by atoms with E-state index < -0.39 is 0 Å². The predicted octanol–water partition coefficient (Wildman–Crippen LogP) is 2.23. The van der Waals surface area contributed by atoms with Crippen LogP contribution < -0.4 is 5.73 Å². The van der Waals surface area contributed by atoms with E-state index in [-0.39, 0.29) is 0 Å². The highest BCUT2D eigenvalue weighted by molar-refractivity contribution is 4.93. The summed E-state index contributed by atoms with van der Waals surface area (Å²) < 4.78 is 0. The number of rotatable bonds is 3. The van der Waals surface area contributed by atoms with E-state index in [0.29, 0.717) is 12.0 Å². The molecule has 0 spiro atoms. The van der Waals surface area contributed by atoms with Gasteiger partial charge >= 0.3 is 0 Å². The molecule has 0 bridgehead atoms. The van der Waals surface area contributed by atoms with Gasteiger partial charge in [0.05, 0.1) is 0 Å². The summed E-state index contributed by atoms with van der Waals surface area (Å²) in [4.78, 5) is 2.74. The summed E-state index contributed by atoms with van der Waals surface area (Å²) in [5, 5.41) is 0. The van der Waals surface area contributed by atoms with Gasteiger partial charge in [-0.15, -0.1) is 0 Å². The second-order valence-corrected chi connectivity index (χ2v) is 5.69. The monoisotopic (exact) mass is 210 g/mol. The van der Waals surface area contributed by atoms with Gasteiger partial charge in [0, 0.05) is 18.6 Å². The zero-order valence-electron chi connectivity index (χ0n) is 10.3. The van der Waals surface area contributed by atoms with Crippen LogP contribution in [0.3, 0.4) is 0 Å². The minimum atomic E-state index is 0.621. The highest BCUT2D eigenvalue weighted by atomic mass is 15.2. The van der Waals surface area contributed by atoms with Crippen molar-refractivity contribution < 1.29 is 0 Å². The molecule has 2 aliphatic rings. The molecule has 0 aromatic heterocycles. The summed E-state index contributed by atoms with van der Waals surface area (Å²) in [5.41, 5.74) is 5.95. The Morgan fingerprint density at radius 2 is 1.93 bits per heavy atom. The smallest absolute Gasteiger partial charge is 0.0244 e. The molecule has 2 heteroatoms. The zero-order valence-corrected chi connectivity index (χ0v) is 10.3. The number of nitrogens with two attached hydrogens (primary N) is 1. The molecule has 0 aromatic rings. The number of piperidine rings is 1. The minimum absolute atomic E-state index is 0.621. The summed E-state index contributed by atoms with van der Waals surface area (Å²) in [7, 11) is 0. The fraction of sp³-hybridized carbons (Fsp3) is 1.00. The van der Waals surface area contributed by atoms with Crippen molar-refractivity contribution in [2.24, 2.45) is 17.6 Å². The quantitative estimate of drug-likeness (QED) is 0.774. The van der Waals surface area contributed by atoms with Crippen LogP contribution in [-0.4, -0.2) is 30.1 Å². The Bertz CT molecular complexity index is 201. The van der Waals surface area contributed by atoms with Crippen molar-refractivity contribution >= 4 is 0 Å². The highest BCUT2D eigenvalue weighted by Crippen LogP contribution is 2.38. The standard InChI is InChI=1S/C13H26N2/c1-10(2)13(9-14)15-8-4-6-11-5-3-7-12(11)15/h10-13H,3-9,14H2,1-2H3.